The fourth-order valence-electron chi connectivity index (χ4n) is 3.40. The molecule has 134 valence electrons. The van der Waals surface area contributed by atoms with E-state index in [4.69, 9.17) is 4.42 Å². The lowest BCUT2D eigenvalue weighted by atomic mass is 10.1. The molecule has 0 bridgehead atoms. The highest BCUT2D eigenvalue weighted by atomic mass is 79.9. The van der Waals surface area contributed by atoms with E-state index < -0.39 is 0 Å². The van der Waals surface area contributed by atoms with Crippen LogP contribution in [-0.4, -0.2) is 46.9 Å². The number of rotatable bonds is 3. The zero-order valence-electron chi connectivity index (χ0n) is 14.6. The molecule has 0 radical (unpaired) electrons. The van der Waals surface area contributed by atoms with Crippen molar-refractivity contribution in [1.82, 2.24) is 14.8 Å². The molecule has 1 aromatic carbocycles. The van der Waals surface area contributed by atoms with Crippen molar-refractivity contribution < 1.29 is 9.21 Å². The number of carbonyl (C=O) groups is 1. The maximum Gasteiger partial charge on any atom is 0.289 e. The third-order valence-corrected chi connectivity index (χ3v) is 5.40. The molecule has 0 N–H and O–H groups in total. The number of fused-ring (bicyclic) bond motifs is 1. The summed E-state index contributed by atoms with van der Waals surface area (Å²) < 4.78 is 6.84. The first kappa shape index (κ1) is 17.2. The van der Waals surface area contributed by atoms with Crippen LogP contribution in [0, 0.1) is 6.92 Å². The Morgan fingerprint density at radius 2 is 1.88 bits per heavy atom. The van der Waals surface area contributed by atoms with Crippen LogP contribution in [0.1, 0.15) is 21.7 Å². The zero-order valence-corrected chi connectivity index (χ0v) is 16.2. The average Bonchev–Trinajstić information content (AvgIpc) is 2.99. The molecule has 1 aliphatic rings. The molecule has 1 fully saturated rings. The molecule has 3 aromatic rings. The van der Waals surface area contributed by atoms with Crippen LogP contribution in [0.4, 0.5) is 0 Å². The van der Waals surface area contributed by atoms with Crippen LogP contribution >= 0.6 is 15.9 Å². The molecule has 5 nitrogen and oxygen atoms in total. The summed E-state index contributed by atoms with van der Waals surface area (Å²) in [6.45, 7) is 5.99. The van der Waals surface area contributed by atoms with E-state index in [0.29, 0.717) is 18.8 Å². The Hall–Kier alpha value is -2.18. The standard InChI is InChI=1S/C20H20BrN3O2/c1-14-17-12-16(21)2-3-18(17)26-19(14)20(25)24-10-8-23(9-11-24)13-15-4-6-22-7-5-15/h2-7,12H,8-11,13H2,1H3. The van der Waals surface area contributed by atoms with Gasteiger partial charge in [0, 0.05) is 60.5 Å². The number of pyridine rings is 1. The third kappa shape index (κ3) is 3.39. The van der Waals surface area contributed by atoms with Crippen LogP contribution < -0.4 is 0 Å². The Morgan fingerprint density at radius 1 is 1.15 bits per heavy atom. The van der Waals surface area contributed by atoms with Crippen molar-refractivity contribution in [3.05, 3.63) is 64.1 Å². The largest absolute Gasteiger partial charge is 0.451 e. The van der Waals surface area contributed by atoms with Gasteiger partial charge in [0.05, 0.1) is 0 Å². The van der Waals surface area contributed by atoms with Crippen molar-refractivity contribution in [1.29, 1.82) is 0 Å². The maximum atomic E-state index is 12.9. The molecule has 0 spiro atoms. The van der Waals surface area contributed by atoms with E-state index >= 15 is 0 Å². The number of halogens is 1. The second kappa shape index (κ2) is 7.21. The Kier molecular flexibility index (Phi) is 4.78. The van der Waals surface area contributed by atoms with Gasteiger partial charge in [-0.05, 0) is 42.8 Å². The van der Waals surface area contributed by atoms with Crippen molar-refractivity contribution in [2.45, 2.75) is 13.5 Å². The summed E-state index contributed by atoms with van der Waals surface area (Å²) in [5.41, 5.74) is 2.91. The van der Waals surface area contributed by atoms with Gasteiger partial charge in [-0.2, -0.15) is 0 Å². The first-order chi connectivity index (χ1) is 12.6. The molecular formula is C20H20BrN3O2. The lowest BCUT2D eigenvalue weighted by molar-refractivity contribution is 0.0599. The minimum Gasteiger partial charge on any atom is -0.451 e. The van der Waals surface area contributed by atoms with Gasteiger partial charge in [-0.25, -0.2) is 0 Å². The molecule has 26 heavy (non-hydrogen) atoms. The minimum absolute atomic E-state index is 0.0154. The molecule has 4 rings (SSSR count). The fraction of sp³-hybridized carbons (Fsp3) is 0.300. The molecular weight excluding hydrogens is 394 g/mol. The first-order valence-electron chi connectivity index (χ1n) is 8.71. The lowest BCUT2D eigenvalue weighted by Gasteiger charge is -2.34. The summed E-state index contributed by atoms with van der Waals surface area (Å²) in [6, 6.07) is 9.89. The Balaban J connectivity index is 1.44. The Labute approximate surface area is 160 Å². The van der Waals surface area contributed by atoms with Gasteiger partial charge < -0.3 is 9.32 Å². The van der Waals surface area contributed by atoms with E-state index in [-0.39, 0.29) is 5.91 Å². The summed E-state index contributed by atoms with van der Waals surface area (Å²) in [6.07, 6.45) is 3.63. The number of amides is 1. The Bertz CT molecular complexity index is 931. The van der Waals surface area contributed by atoms with Gasteiger partial charge in [-0.15, -0.1) is 0 Å². The molecule has 1 aliphatic heterocycles. The quantitative estimate of drug-likeness (QED) is 0.653. The van der Waals surface area contributed by atoms with E-state index in [0.717, 1.165) is 40.6 Å². The highest BCUT2D eigenvalue weighted by Crippen LogP contribution is 2.29. The molecule has 0 saturated carbocycles. The molecule has 0 unspecified atom stereocenters. The Morgan fingerprint density at radius 3 is 2.62 bits per heavy atom. The molecule has 6 heteroatoms. The predicted octanol–water partition coefficient (Wildman–Crippen LogP) is 3.86. The van der Waals surface area contributed by atoms with Crippen LogP contribution in [-0.2, 0) is 6.54 Å². The molecule has 3 heterocycles. The molecule has 0 atom stereocenters. The van der Waals surface area contributed by atoms with Crippen LogP contribution in [0.2, 0.25) is 0 Å². The third-order valence-electron chi connectivity index (χ3n) is 4.91. The fourth-order valence-corrected chi connectivity index (χ4v) is 3.76. The van der Waals surface area contributed by atoms with E-state index in [1.165, 1.54) is 5.56 Å². The van der Waals surface area contributed by atoms with Crippen LogP contribution in [0.25, 0.3) is 11.0 Å². The second-order valence-electron chi connectivity index (χ2n) is 6.62. The number of piperazine rings is 1. The highest BCUT2D eigenvalue weighted by Gasteiger charge is 2.26. The van der Waals surface area contributed by atoms with Gasteiger partial charge in [0.25, 0.3) is 5.91 Å². The zero-order chi connectivity index (χ0) is 18.1. The highest BCUT2D eigenvalue weighted by molar-refractivity contribution is 9.10. The average molecular weight is 414 g/mol. The van der Waals surface area contributed by atoms with Crippen LogP contribution in [0.3, 0.4) is 0 Å². The van der Waals surface area contributed by atoms with Crippen molar-refractivity contribution in [2.24, 2.45) is 0 Å². The number of aromatic nitrogens is 1. The smallest absolute Gasteiger partial charge is 0.289 e. The van der Waals surface area contributed by atoms with E-state index in [1.54, 1.807) is 0 Å². The van der Waals surface area contributed by atoms with Crippen molar-refractivity contribution in [2.75, 3.05) is 26.2 Å². The first-order valence-corrected chi connectivity index (χ1v) is 9.50. The summed E-state index contributed by atoms with van der Waals surface area (Å²) in [5, 5.41) is 0.985. The number of hydrogen-bond donors (Lipinski definition) is 0. The van der Waals surface area contributed by atoms with Gasteiger partial charge in [0.2, 0.25) is 0 Å². The van der Waals surface area contributed by atoms with Gasteiger partial charge in [-0.3, -0.25) is 14.7 Å². The summed E-state index contributed by atoms with van der Waals surface area (Å²) in [4.78, 5) is 21.2. The number of hydrogen-bond acceptors (Lipinski definition) is 4. The van der Waals surface area contributed by atoms with E-state index in [2.05, 4.69) is 25.8 Å². The van der Waals surface area contributed by atoms with Crippen LogP contribution in [0.15, 0.2) is 51.6 Å². The topological polar surface area (TPSA) is 49.6 Å². The molecule has 0 aliphatic carbocycles. The number of benzene rings is 1. The number of nitrogens with zero attached hydrogens (tertiary/aromatic N) is 3. The van der Waals surface area contributed by atoms with Gasteiger partial charge in [0.15, 0.2) is 5.76 Å². The molecule has 1 saturated heterocycles. The number of carbonyl (C=O) groups excluding carboxylic acids is 1. The summed E-state index contributed by atoms with van der Waals surface area (Å²) in [5.74, 6) is 0.444. The molecule has 1 amide bonds. The van der Waals surface area contributed by atoms with Gasteiger partial charge >= 0.3 is 0 Å². The lowest BCUT2D eigenvalue weighted by Crippen LogP contribution is -2.48. The predicted molar refractivity (Wildman–Crippen MR) is 104 cm³/mol. The number of furan rings is 1. The van der Waals surface area contributed by atoms with Crippen molar-refractivity contribution in [3.63, 3.8) is 0 Å². The minimum atomic E-state index is -0.0154. The van der Waals surface area contributed by atoms with E-state index in [1.807, 2.05) is 54.5 Å². The normalized spacial score (nSPS) is 15.5. The second-order valence-corrected chi connectivity index (χ2v) is 7.54. The monoisotopic (exact) mass is 413 g/mol. The van der Waals surface area contributed by atoms with E-state index in [9.17, 15) is 4.79 Å². The summed E-state index contributed by atoms with van der Waals surface area (Å²) >= 11 is 3.48. The van der Waals surface area contributed by atoms with Crippen molar-refractivity contribution >= 4 is 32.8 Å². The van der Waals surface area contributed by atoms with Gasteiger partial charge in [0.1, 0.15) is 5.58 Å². The van der Waals surface area contributed by atoms with Crippen molar-refractivity contribution in [3.8, 4) is 0 Å². The van der Waals surface area contributed by atoms with Gasteiger partial charge in [-0.1, -0.05) is 15.9 Å². The van der Waals surface area contributed by atoms with Crippen LogP contribution in [0.5, 0.6) is 0 Å². The maximum absolute atomic E-state index is 12.9. The summed E-state index contributed by atoms with van der Waals surface area (Å²) in [7, 11) is 0. The molecule has 2 aromatic heterocycles. The SMILES string of the molecule is Cc1c(C(=O)N2CCN(Cc3ccncc3)CC2)oc2ccc(Br)cc12. The number of aryl methyl sites for hydroxylation is 1.